The number of nitrogens with two attached hydrogens (primary N) is 1. The van der Waals surface area contributed by atoms with E-state index in [9.17, 15) is 14.9 Å². The molecular formula is C21H15ClN8O2. The van der Waals surface area contributed by atoms with Gasteiger partial charge in [-0.1, -0.05) is 29.8 Å². The zero-order valence-electron chi connectivity index (χ0n) is 16.6. The molecule has 1 amide bonds. The summed E-state index contributed by atoms with van der Waals surface area (Å²) in [6.45, 7) is 1.41. The predicted octanol–water partition coefficient (Wildman–Crippen LogP) is 4.17. The number of benzene rings is 2. The lowest BCUT2D eigenvalue weighted by atomic mass is 10.1. The fourth-order valence-electron chi connectivity index (χ4n) is 3.11. The Kier molecular flexibility index (Phi) is 5.41. The summed E-state index contributed by atoms with van der Waals surface area (Å²) in [5.74, 6) is -0.184. The summed E-state index contributed by atoms with van der Waals surface area (Å²) >= 11 is 6.31. The van der Waals surface area contributed by atoms with Crippen LogP contribution in [-0.2, 0) is 4.79 Å². The van der Waals surface area contributed by atoms with E-state index in [1.807, 2.05) is 6.07 Å². The molecule has 4 N–H and O–H groups in total. The van der Waals surface area contributed by atoms with Gasteiger partial charge in [-0.15, -0.1) is 10.2 Å². The van der Waals surface area contributed by atoms with Crippen molar-refractivity contribution in [2.45, 2.75) is 6.92 Å². The Labute approximate surface area is 186 Å². The van der Waals surface area contributed by atoms with E-state index in [-0.39, 0.29) is 34.3 Å². The molecule has 32 heavy (non-hydrogen) atoms. The van der Waals surface area contributed by atoms with Crippen LogP contribution in [0.3, 0.4) is 0 Å². The van der Waals surface area contributed by atoms with E-state index in [2.05, 4.69) is 25.6 Å². The second kappa shape index (κ2) is 8.33. The highest BCUT2D eigenvalue weighted by molar-refractivity contribution is 6.33. The molecule has 11 heteroatoms. The van der Waals surface area contributed by atoms with Gasteiger partial charge < -0.3 is 16.0 Å². The van der Waals surface area contributed by atoms with E-state index in [0.717, 1.165) is 0 Å². The number of nitrogens with zero attached hydrogens (tertiary/aromatic N) is 5. The smallest absolute Gasteiger partial charge is 0.269 e. The van der Waals surface area contributed by atoms with Gasteiger partial charge in [0, 0.05) is 18.2 Å². The minimum Gasteiger partial charge on any atom is -0.380 e. The van der Waals surface area contributed by atoms with Gasteiger partial charge in [0.05, 0.1) is 16.4 Å². The van der Waals surface area contributed by atoms with Crippen molar-refractivity contribution in [1.82, 2.24) is 14.6 Å². The number of amides is 1. The molecule has 4 aromatic rings. The van der Waals surface area contributed by atoms with Crippen LogP contribution in [0.15, 0.2) is 63.6 Å². The third kappa shape index (κ3) is 3.80. The standard InChI is InChI=1S/C21H15ClN8O2/c1-11(31)25-12-6-8-13(9-7-12)27-28-17-19(24)29-30-18(14-4-2-3-5-16(14)22)15(10-23)21(32)26-20(17)30/h2-9H,1H3,(H2,24,29)(H,25,31)(H,26,32). The third-order valence-corrected chi connectivity index (χ3v) is 4.82. The first kappa shape index (κ1) is 20.8. The first-order valence-electron chi connectivity index (χ1n) is 9.28. The Balaban J connectivity index is 1.84. The molecule has 0 radical (unpaired) electrons. The zero-order chi connectivity index (χ0) is 22.8. The number of H-pyrrole nitrogens is 1. The zero-order valence-corrected chi connectivity index (χ0v) is 17.4. The SMILES string of the molecule is CC(=O)Nc1ccc(N=Nc2c(N)nn3c(-c4ccccc4Cl)c(C#N)c(=O)[nH]c23)cc1. The number of aromatic amines is 1. The third-order valence-electron chi connectivity index (χ3n) is 4.49. The molecular weight excluding hydrogens is 432 g/mol. The molecule has 0 saturated heterocycles. The van der Waals surface area contributed by atoms with Gasteiger partial charge in [-0.25, -0.2) is 4.52 Å². The van der Waals surface area contributed by atoms with Crippen molar-refractivity contribution in [1.29, 1.82) is 5.26 Å². The monoisotopic (exact) mass is 446 g/mol. The van der Waals surface area contributed by atoms with Gasteiger partial charge in [0.1, 0.15) is 11.6 Å². The van der Waals surface area contributed by atoms with Crippen LogP contribution in [0.2, 0.25) is 5.02 Å². The quantitative estimate of drug-likeness (QED) is 0.401. The first-order valence-corrected chi connectivity index (χ1v) is 9.65. The molecule has 0 fully saturated rings. The van der Waals surface area contributed by atoms with Crippen LogP contribution >= 0.6 is 11.6 Å². The Bertz CT molecular complexity index is 1480. The van der Waals surface area contributed by atoms with Crippen molar-refractivity contribution in [2.24, 2.45) is 10.2 Å². The average molecular weight is 447 g/mol. The molecule has 0 aliphatic heterocycles. The first-order chi connectivity index (χ1) is 15.4. The minimum atomic E-state index is -0.633. The molecule has 0 unspecified atom stereocenters. The summed E-state index contributed by atoms with van der Waals surface area (Å²) in [4.78, 5) is 26.3. The normalized spacial score (nSPS) is 11.0. The van der Waals surface area contributed by atoms with Gasteiger partial charge in [-0.2, -0.15) is 10.4 Å². The van der Waals surface area contributed by atoms with Gasteiger partial charge in [0.15, 0.2) is 17.2 Å². The topological polar surface area (TPSA) is 154 Å². The van der Waals surface area contributed by atoms with Gasteiger partial charge in [-0.3, -0.25) is 9.59 Å². The van der Waals surface area contributed by atoms with E-state index in [0.29, 0.717) is 22.0 Å². The molecule has 4 rings (SSSR count). The van der Waals surface area contributed by atoms with E-state index in [1.54, 1.807) is 48.5 Å². The lowest BCUT2D eigenvalue weighted by molar-refractivity contribution is -0.114. The molecule has 2 heterocycles. The number of halogens is 1. The van der Waals surface area contributed by atoms with Crippen molar-refractivity contribution < 1.29 is 4.79 Å². The lowest BCUT2D eigenvalue weighted by Crippen LogP contribution is -2.16. The van der Waals surface area contributed by atoms with Crippen LogP contribution in [0, 0.1) is 11.3 Å². The summed E-state index contributed by atoms with van der Waals surface area (Å²) < 4.78 is 1.32. The van der Waals surface area contributed by atoms with Crippen LogP contribution in [0.1, 0.15) is 12.5 Å². The highest BCUT2D eigenvalue weighted by Crippen LogP contribution is 2.34. The number of nitrogen functional groups attached to an aromatic ring is 1. The van der Waals surface area contributed by atoms with Crippen LogP contribution in [0.25, 0.3) is 16.9 Å². The molecule has 0 aliphatic rings. The van der Waals surface area contributed by atoms with E-state index in [4.69, 9.17) is 17.3 Å². The molecule has 158 valence electrons. The maximum atomic E-state index is 12.6. The van der Waals surface area contributed by atoms with Gasteiger partial charge >= 0.3 is 0 Å². The van der Waals surface area contributed by atoms with Crippen molar-refractivity contribution in [2.75, 3.05) is 11.1 Å². The maximum absolute atomic E-state index is 12.6. The number of anilines is 2. The van der Waals surface area contributed by atoms with Crippen molar-refractivity contribution in [3.63, 3.8) is 0 Å². The van der Waals surface area contributed by atoms with E-state index >= 15 is 0 Å². The molecule has 2 aromatic heterocycles. The number of fused-ring (bicyclic) bond motifs is 1. The molecule has 0 saturated carbocycles. The number of nitriles is 1. The minimum absolute atomic E-state index is 0.00246. The summed E-state index contributed by atoms with van der Waals surface area (Å²) in [5, 5.41) is 25.1. The highest BCUT2D eigenvalue weighted by Gasteiger charge is 2.21. The Hall–Kier alpha value is -4.49. The van der Waals surface area contributed by atoms with Gasteiger partial charge in [0.2, 0.25) is 5.91 Å². The van der Waals surface area contributed by atoms with Crippen molar-refractivity contribution in [3.05, 3.63) is 69.5 Å². The number of hydrogen-bond donors (Lipinski definition) is 3. The molecule has 0 spiro atoms. The molecule has 2 aromatic carbocycles. The molecule has 0 atom stereocenters. The average Bonchev–Trinajstić information content (AvgIpc) is 3.07. The molecule has 0 bridgehead atoms. The molecule has 10 nitrogen and oxygen atoms in total. The van der Waals surface area contributed by atoms with E-state index < -0.39 is 5.56 Å². The predicted molar refractivity (Wildman–Crippen MR) is 120 cm³/mol. The summed E-state index contributed by atoms with van der Waals surface area (Å²) in [6.07, 6.45) is 0. The number of rotatable bonds is 4. The van der Waals surface area contributed by atoms with Crippen LogP contribution in [0.4, 0.5) is 22.9 Å². The number of hydrogen-bond acceptors (Lipinski definition) is 7. The van der Waals surface area contributed by atoms with E-state index in [1.165, 1.54) is 11.4 Å². The summed E-state index contributed by atoms with van der Waals surface area (Å²) in [6, 6.07) is 15.3. The van der Waals surface area contributed by atoms with Crippen molar-refractivity contribution >= 4 is 46.0 Å². The van der Waals surface area contributed by atoms with Gasteiger partial charge in [0.25, 0.3) is 5.56 Å². The highest BCUT2D eigenvalue weighted by atomic mass is 35.5. The summed E-state index contributed by atoms with van der Waals surface area (Å²) in [5.41, 5.74) is 7.30. The van der Waals surface area contributed by atoms with Crippen LogP contribution < -0.4 is 16.6 Å². The van der Waals surface area contributed by atoms with Crippen LogP contribution in [-0.4, -0.2) is 20.5 Å². The van der Waals surface area contributed by atoms with Crippen molar-refractivity contribution in [3.8, 4) is 17.3 Å². The second-order valence-corrected chi connectivity index (χ2v) is 7.10. The maximum Gasteiger partial charge on any atom is 0.269 e. The van der Waals surface area contributed by atoms with Gasteiger partial charge in [-0.05, 0) is 30.3 Å². The number of azo groups is 1. The number of aromatic nitrogens is 3. The second-order valence-electron chi connectivity index (χ2n) is 6.69. The van der Waals surface area contributed by atoms with Crippen LogP contribution in [0.5, 0.6) is 0 Å². The Morgan fingerprint density at radius 2 is 1.94 bits per heavy atom. The number of carbonyl (C=O) groups excluding carboxylic acids is 1. The molecule has 0 aliphatic carbocycles. The lowest BCUT2D eigenvalue weighted by Gasteiger charge is -2.08. The summed E-state index contributed by atoms with van der Waals surface area (Å²) in [7, 11) is 0. The fraction of sp³-hybridized carbons (Fsp3) is 0.0476. The fourth-order valence-corrected chi connectivity index (χ4v) is 3.34. The number of carbonyl (C=O) groups is 1. The number of nitrogens with one attached hydrogen (secondary N) is 2. The Morgan fingerprint density at radius 3 is 2.59 bits per heavy atom. The Morgan fingerprint density at radius 1 is 1.22 bits per heavy atom. The largest absolute Gasteiger partial charge is 0.380 e.